The summed E-state index contributed by atoms with van der Waals surface area (Å²) in [5, 5.41) is 5.92. The fourth-order valence-electron chi connectivity index (χ4n) is 1.86. The van der Waals surface area contributed by atoms with Gasteiger partial charge in [0.2, 0.25) is 5.91 Å². The molecule has 0 spiro atoms. The maximum atomic E-state index is 11.2. The van der Waals surface area contributed by atoms with Crippen LogP contribution in [0.2, 0.25) is 0 Å². The van der Waals surface area contributed by atoms with Gasteiger partial charge in [-0.2, -0.15) is 11.8 Å². The molecule has 1 aliphatic rings. The number of carbonyl (C=O) groups is 1. The second-order valence-corrected chi connectivity index (χ2v) is 4.85. The van der Waals surface area contributed by atoms with Crippen molar-refractivity contribution in [2.75, 3.05) is 19.3 Å². The minimum Gasteiger partial charge on any atom is -0.358 e. The van der Waals surface area contributed by atoms with Gasteiger partial charge in [-0.3, -0.25) is 4.79 Å². The van der Waals surface area contributed by atoms with Crippen molar-refractivity contribution in [2.45, 2.75) is 11.8 Å². The third-order valence-electron chi connectivity index (χ3n) is 2.76. The Morgan fingerprint density at radius 3 is 3.12 bits per heavy atom. The van der Waals surface area contributed by atoms with Crippen molar-refractivity contribution in [3.8, 4) is 0 Å². The molecule has 0 aliphatic carbocycles. The quantitative estimate of drug-likeness (QED) is 0.831. The van der Waals surface area contributed by atoms with Crippen LogP contribution in [-0.2, 0) is 10.5 Å². The lowest BCUT2D eigenvalue weighted by molar-refractivity contribution is -0.119. The second-order valence-electron chi connectivity index (χ2n) is 3.82. The molecule has 0 fully saturated rings. The van der Waals surface area contributed by atoms with E-state index in [1.165, 1.54) is 11.1 Å². The standard InChI is InChI=1S/C12H16N2OS/c1-13-12(15)6-14-11-8-16-7-9-4-2-3-5-10(9)11/h2-5,11,14H,6-8H2,1H3,(H,13,15). The third kappa shape index (κ3) is 2.57. The van der Waals surface area contributed by atoms with Gasteiger partial charge in [-0.25, -0.2) is 0 Å². The first-order chi connectivity index (χ1) is 7.81. The van der Waals surface area contributed by atoms with Crippen LogP contribution >= 0.6 is 11.8 Å². The summed E-state index contributed by atoms with van der Waals surface area (Å²) in [5.41, 5.74) is 2.72. The highest BCUT2D eigenvalue weighted by Crippen LogP contribution is 2.31. The van der Waals surface area contributed by atoms with Crippen molar-refractivity contribution in [3.63, 3.8) is 0 Å². The fraction of sp³-hybridized carbons (Fsp3) is 0.417. The van der Waals surface area contributed by atoms with Gasteiger partial charge >= 0.3 is 0 Å². The molecule has 1 amide bonds. The van der Waals surface area contributed by atoms with E-state index in [0.717, 1.165) is 11.5 Å². The van der Waals surface area contributed by atoms with Gasteiger partial charge in [-0.1, -0.05) is 24.3 Å². The average Bonchev–Trinajstić information content (AvgIpc) is 2.35. The number of hydrogen-bond acceptors (Lipinski definition) is 3. The molecule has 16 heavy (non-hydrogen) atoms. The van der Waals surface area contributed by atoms with Crippen LogP contribution in [0.5, 0.6) is 0 Å². The first kappa shape index (κ1) is 11.5. The molecule has 0 saturated carbocycles. The number of carbonyl (C=O) groups excluding carboxylic acids is 1. The number of rotatable bonds is 3. The summed E-state index contributed by atoms with van der Waals surface area (Å²) in [7, 11) is 1.66. The number of likely N-dealkylation sites (N-methyl/N-ethyl adjacent to an activating group) is 1. The Balaban J connectivity index is 2.04. The maximum Gasteiger partial charge on any atom is 0.233 e. The van der Waals surface area contributed by atoms with E-state index >= 15 is 0 Å². The van der Waals surface area contributed by atoms with E-state index in [2.05, 4.69) is 34.9 Å². The molecule has 1 aromatic carbocycles. The Bertz CT molecular complexity index is 381. The van der Waals surface area contributed by atoms with Gasteiger partial charge in [0.05, 0.1) is 6.54 Å². The molecule has 0 aromatic heterocycles. The Kier molecular flexibility index (Phi) is 3.85. The highest BCUT2D eigenvalue weighted by atomic mass is 32.2. The van der Waals surface area contributed by atoms with E-state index in [9.17, 15) is 4.79 Å². The van der Waals surface area contributed by atoms with Crippen LogP contribution in [0.4, 0.5) is 0 Å². The summed E-state index contributed by atoms with van der Waals surface area (Å²) >= 11 is 1.91. The van der Waals surface area contributed by atoms with Crippen LogP contribution in [0, 0.1) is 0 Å². The van der Waals surface area contributed by atoms with Crippen LogP contribution in [0.1, 0.15) is 17.2 Å². The molecule has 1 heterocycles. The predicted molar refractivity (Wildman–Crippen MR) is 67.4 cm³/mol. The smallest absolute Gasteiger partial charge is 0.233 e. The SMILES string of the molecule is CNC(=O)CNC1CSCc2ccccc21. The lowest BCUT2D eigenvalue weighted by Crippen LogP contribution is -2.35. The minimum absolute atomic E-state index is 0.0352. The fourth-order valence-corrected chi connectivity index (χ4v) is 2.99. The molecule has 1 unspecified atom stereocenters. The first-order valence-electron chi connectivity index (χ1n) is 5.41. The number of amides is 1. The predicted octanol–water partition coefficient (Wildman–Crippen LogP) is 1.31. The Morgan fingerprint density at radius 1 is 1.50 bits per heavy atom. The van der Waals surface area contributed by atoms with Crippen LogP contribution < -0.4 is 10.6 Å². The molecular formula is C12H16N2OS. The molecule has 1 aliphatic heterocycles. The molecular weight excluding hydrogens is 220 g/mol. The number of hydrogen-bond donors (Lipinski definition) is 2. The normalized spacial score (nSPS) is 18.9. The molecule has 4 heteroatoms. The highest BCUT2D eigenvalue weighted by molar-refractivity contribution is 7.98. The third-order valence-corrected chi connectivity index (χ3v) is 3.84. The zero-order valence-corrected chi connectivity index (χ0v) is 10.1. The molecule has 0 bridgehead atoms. The molecule has 86 valence electrons. The van der Waals surface area contributed by atoms with Crippen molar-refractivity contribution in [1.82, 2.24) is 10.6 Å². The van der Waals surface area contributed by atoms with Gasteiger partial charge in [0, 0.05) is 24.6 Å². The van der Waals surface area contributed by atoms with E-state index in [0.29, 0.717) is 12.6 Å². The van der Waals surface area contributed by atoms with Crippen molar-refractivity contribution in [1.29, 1.82) is 0 Å². The van der Waals surface area contributed by atoms with Gasteiger partial charge in [0.1, 0.15) is 0 Å². The first-order valence-corrected chi connectivity index (χ1v) is 6.56. The summed E-state index contributed by atoms with van der Waals surface area (Å²) in [6, 6.07) is 8.74. The lowest BCUT2D eigenvalue weighted by atomic mass is 10.0. The number of benzene rings is 1. The van der Waals surface area contributed by atoms with Crippen molar-refractivity contribution < 1.29 is 4.79 Å². The maximum absolute atomic E-state index is 11.2. The lowest BCUT2D eigenvalue weighted by Gasteiger charge is -2.25. The van der Waals surface area contributed by atoms with E-state index in [1.807, 2.05) is 11.8 Å². The summed E-state index contributed by atoms with van der Waals surface area (Å²) in [4.78, 5) is 11.2. The largest absolute Gasteiger partial charge is 0.358 e. The Hall–Kier alpha value is -1.00. The van der Waals surface area contributed by atoms with Crippen LogP contribution in [0.25, 0.3) is 0 Å². The van der Waals surface area contributed by atoms with Gasteiger partial charge < -0.3 is 10.6 Å². The van der Waals surface area contributed by atoms with Gasteiger partial charge in [-0.15, -0.1) is 0 Å². The number of fused-ring (bicyclic) bond motifs is 1. The average molecular weight is 236 g/mol. The summed E-state index contributed by atoms with van der Waals surface area (Å²) < 4.78 is 0. The molecule has 0 saturated heterocycles. The van der Waals surface area contributed by atoms with E-state index in [4.69, 9.17) is 0 Å². The van der Waals surface area contributed by atoms with E-state index < -0.39 is 0 Å². The Morgan fingerprint density at radius 2 is 2.31 bits per heavy atom. The monoisotopic (exact) mass is 236 g/mol. The summed E-state index contributed by atoms with van der Waals surface area (Å²) in [6.45, 7) is 0.385. The number of nitrogens with one attached hydrogen (secondary N) is 2. The van der Waals surface area contributed by atoms with Crippen molar-refractivity contribution in [3.05, 3.63) is 35.4 Å². The molecule has 3 nitrogen and oxygen atoms in total. The van der Waals surface area contributed by atoms with Crippen LogP contribution in [0.15, 0.2) is 24.3 Å². The topological polar surface area (TPSA) is 41.1 Å². The zero-order chi connectivity index (χ0) is 11.4. The van der Waals surface area contributed by atoms with Crippen LogP contribution in [0.3, 0.4) is 0 Å². The minimum atomic E-state index is 0.0352. The highest BCUT2D eigenvalue weighted by Gasteiger charge is 2.19. The molecule has 2 rings (SSSR count). The van der Waals surface area contributed by atoms with Gasteiger partial charge in [0.15, 0.2) is 0 Å². The summed E-state index contributed by atoms with van der Waals surface area (Å²) in [6.07, 6.45) is 0. The van der Waals surface area contributed by atoms with Gasteiger partial charge in [-0.05, 0) is 11.1 Å². The van der Waals surface area contributed by atoms with E-state index in [1.54, 1.807) is 7.05 Å². The van der Waals surface area contributed by atoms with E-state index in [-0.39, 0.29) is 5.91 Å². The summed E-state index contributed by atoms with van der Waals surface area (Å²) in [5.74, 6) is 2.15. The Labute approximate surface area is 100.0 Å². The molecule has 2 N–H and O–H groups in total. The van der Waals surface area contributed by atoms with Gasteiger partial charge in [0.25, 0.3) is 0 Å². The molecule has 1 atom stereocenters. The molecule has 0 radical (unpaired) electrons. The number of thioether (sulfide) groups is 1. The van der Waals surface area contributed by atoms with Crippen molar-refractivity contribution in [2.24, 2.45) is 0 Å². The zero-order valence-electron chi connectivity index (χ0n) is 9.32. The molecule has 1 aromatic rings. The van der Waals surface area contributed by atoms with Crippen LogP contribution in [-0.4, -0.2) is 25.3 Å². The second kappa shape index (κ2) is 5.37. The van der Waals surface area contributed by atoms with Crippen molar-refractivity contribution >= 4 is 17.7 Å².